The van der Waals surface area contributed by atoms with E-state index < -0.39 is 11.8 Å². The number of amides is 2. The van der Waals surface area contributed by atoms with Crippen LogP contribution in [-0.2, 0) is 11.3 Å². The monoisotopic (exact) mass is 411 g/mol. The summed E-state index contributed by atoms with van der Waals surface area (Å²) in [6, 6.07) is 18.8. The zero-order chi connectivity index (χ0) is 22.0. The van der Waals surface area contributed by atoms with Gasteiger partial charge in [-0.05, 0) is 53.1 Å². The van der Waals surface area contributed by atoms with Gasteiger partial charge in [0.25, 0.3) is 11.8 Å². The lowest BCUT2D eigenvalue weighted by Gasteiger charge is -2.19. The second-order valence-corrected chi connectivity index (χ2v) is 6.99. The van der Waals surface area contributed by atoms with Crippen LogP contribution in [0.25, 0.3) is 16.7 Å². The molecule has 4 N–H and O–H groups in total. The summed E-state index contributed by atoms with van der Waals surface area (Å²) in [4.78, 5) is 24.8. The van der Waals surface area contributed by atoms with E-state index in [0.717, 1.165) is 11.1 Å². The summed E-state index contributed by atoms with van der Waals surface area (Å²) in [5.41, 5.74) is 4.08. The molecule has 3 aromatic rings. The lowest BCUT2D eigenvalue weighted by atomic mass is 9.91. The van der Waals surface area contributed by atoms with Crippen molar-refractivity contribution >= 4 is 17.4 Å². The molecule has 0 atom stereocenters. The minimum atomic E-state index is -0.518. The number of carbonyl (C=O) groups excluding carboxylic acids is 2. The lowest BCUT2D eigenvalue weighted by molar-refractivity contribution is -0.114. The first-order valence-electron chi connectivity index (χ1n) is 9.41. The Hall–Kier alpha value is -4.57. The summed E-state index contributed by atoms with van der Waals surface area (Å²) >= 11 is 0. The van der Waals surface area contributed by atoms with Gasteiger partial charge in [-0.1, -0.05) is 24.3 Å². The molecule has 0 saturated carbocycles. The van der Waals surface area contributed by atoms with Gasteiger partial charge in [0.2, 0.25) is 0 Å². The van der Waals surface area contributed by atoms with Crippen LogP contribution in [0.15, 0.2) is 66.9 Å². The number of hydrogen-bond donors (Lipinski definition) is 4. The number of benzene rings is 3. The Morgan fingerprint density at radius 1 is 0.871 bits per heavy atom. The molecular weight excluding hydrogens is 394 g/mol. The maximum absolute atomic E-state index is 12.5. The quantitative estimate of drug-likeness (QED) is 0.297. The van der Waals surface area contributed by atoms with Crippen LogP contribution in [0.3, 0.4) is 0 Å². The third kappa shape index (κ3) is 3.95. The molecule has 0 fully saturated rings. The first-order chi connectivity index (χ1) is 15.0. The largest absolute Gasteiger partial charge is 0.504 e. The highest BCUT2D eigenvalue weighted by Gasteiger charge is 2.27. The first kappa shape index (κ1) is 19.7. The Bertz CT molecular complexity index is 1270. The molecule has 1 aliphatic heterocycles. The molecule has 0 aromatic heterocycles. The minimum absolute atomic E-state index is 0.212. The molecule has 0 spiro atoms. The highest BCUT2D eigenvalue weighted by atomic mass is 16.3. The van der Waals surface area contributed by atoms with Crippen molar-refractivity contribution in [2.45, 2.75) is 6.54 Å². The number of imide groups is 1. The summed E-state index contributed by atoms with van der Waals surface area (Å²) < 4.78 is 0. The molecule has 0 unspecified atom stereocenters. The van der Waals surface area contributed by atoms with Crippen LogP contribution in [0, 0.1) is 11.3 Å². The predicted octanol–water partition coefficient (Wildman–Crippen LogP) is 3.04. The highest BCUT2D eigenvalue weighted by Crippen LogP contribution is 2.30. The number of aromatic hydroxyl groups is 2. The van der Waals surface area contributed by atoms with E-state index in [1.807, 2.05) is 12.1 Å². The Labute approximate surface area is 177 Å². The van der Waals surface area contributed by atoms with Gasteiger partial charge in [0.05, 0.1) is 17.2 Å². The van der Waals surface area contributed by atoms with Gasteiger partial charge in [0, 0.05) is 23.9 Å². The fourth-order valence-electron chi connectivity index (χ4n) is 3.34. The van der Waals surface area contributed by atoms with Crippen molar-refractivity contribution in [3.05, 3.63) is 89.1 Å². The van der Waals surface area contributed by atoms with E-state index in [0.29, 0.717) is 34.4 Å². The Balaban J connectivity index is 1.66. The maximum atomic E-state index is 12.5. The highest BCUT2D eigenvalue weighted by molar-refractivity contribution is 6.31. The molecule has 4 rings (SSSR count). The third-order valence-corrected chi connectivity index (χ3v) is 4.97. The summed E-state index contributed by atoms with van der Waals surface area (Å²) in [5, 5.41) is 33.3. The molecule has 0 radical (unpaired) electrons. The van der Waals surface area contributed by atoms with Crippen LogP contribution in [0.2, 0.25) is 0 Å². The molecule has 2 amide bonds. The van der Waals surface area contributed by atoms with Crippen LogP contribution in [-0.4, -0.2) is 22.0 Å². The van der Waals surface area contributed by atoms with E-state index in [-0.39, 0.29) is 11.5 Å². The second kappa shape index (κ2) is 8.05. The standard InChI is InChI=1S/C24H17N3O4/c25-11-14-1-4-16(5-2-14)17-6-7-18-19(10-17)20(24(31)27-23(18)30)13-26-12-15-3-8-21(28)22(29)9-15/h1-10,13,26,28-29H,12H2,(H,27,30,31). The third-order valence-electron chi connectivity index (χ3n) is 4.97. The number of fused-ring (bicyclic) bond motifs is 1. The SMILES string of the molecule is N#Cc1ccc(-c2ccc3c(c2)C(=CNCc2ccc(O)c(O)c2)C(=O)NC3=O)cc1. The van der Waals surface area contributed by atoms with Crippen LogP contribution in [0.5, 0.6) is 11.5 Å². The fourth-order valence-corrected chi connectivity index (χ4v) is 3.34. The van der Waals surface area contributed by atoms with E-state index in [9.17, 15) is 19.8 Å². The predicted molar refractivity (Wildman–Crippen MR) is 114 cm³/mol. The second-order valence-electron chi connectivity index (χ2n) is 6.99. The van der Waals surface area contributed by atoms with Crippen molar-refractivity contribution in [1.29, 1.82) is 5.26 Å². The number of carbonyl (C=O) groups is 2. The van der Waals surface area contributed by atoms with E-state index >= 15 is 0 Å². The van der Waals surface area contributed by atoms with Gasteiger partial charge in [0.15, 0.2) is 11.5 Å². The number of rotatable bonds is 4. The molecule has 0 saturated heterocycles. The van der Waals surface area contributed by atoms with E-state index in [2.05, 4.69) is 16.7 Å². The molecular formula is C24H17N3O4. The van der Waals surface area contributed by atoms with Gasteiger partial charge in [-0.3, -0.25) is 14.9 Å². The van der Waals surface area contributed by atoms with Crippen molar-refractivity contribution in [3.63, 3.8) is 0 Å². The molecule has 31 heavy (non-hydrogen) atoms. The van der Waals surface area contributed by atoms with E-state index in [1.165, 1.54) is 18.3 Å². The van der Waals surface area contributed by atoms with Crippen molar-refractivity contribution < 1.29 is 19.8 Å². The minimum Gasteiger partial charge on any atom is -0.504 e. The topological polar surface area (TPSA) is 122 Å². The average Bonchev–Trinajstić information content (AvgIpc) is 2.78. The molecule has 152 valence electrons. The van der Waals surface area contributed by atoms with Crippen molar-refractivity contribution in [1.82, 2.24) is 10.6 Å². The Morgan fingerprint density at radius 2 is 1.61 bits per heavy atom. The molecule has 3 aromatic carbocycles. The number of phenols is 2. The number of phenolic OH excluding ortho intramolecular Hbond substituents is 2. The molecule has 1 heterocycles. The van der Waals surface area contributed by atoms with Crippen LogP contribution in [0.4, 0.5) is 0 Å². The van der Waals surface area contributed by atoms with E-state index in [4.69, 9.17) is 5.26 Å². The Kier molecular flexibility index (Phi) is 5.12. The molecule has 0 bridgehead atoms. The van der Waals surface area contributed by atoms with Crippen molar-refractivity contribution in [3.8, 4) is 28.7 Å². The van der Waals surface area contributed by atoms with E-state index in [1.54, 1.807) is 36.4 Å². The smallest absolute Gasteiger partial charge is 0.260 e. The fraction of sp³-hybridized carbons (Fsp3) is 0.0417. The summed E-state index contributed by atoms with van der Waals surface area (Å²) in [6.45, 7) is 0.295. The van der Waals surface area contributed by atoms with Crippen LogP contribution in [0.1, 0.15) is 27.0 Å². The zero-order valence-electron chi connectivity index (χ0n) is 16.2. The normalized spacial score (nSPS) is 14.0. The van der Waals surface area contributed by atoms with Crippen LogP contribution < -0.4 is 10.6 Å². The van der Waals surface area contributed by atoms with Gasteiger partial charge in [-0.25, -0.2) is 0 Å². The van der Waals surface area contributed by atoms with Crippen LogP contribution >= 0.6 is 0 Å². The summed E-state index contributed by atoms with van der Waals surface area (Å²) in [5.74, 6) is -1.43. The summed E-state index contributed by atoms with van der Waals surface area (Å²) in [6.07, 6.45) is 1.52. The van der Waals surface area contributed by atoms with Gasteiger partial charge >= 0.3 is 0 Å². The number of nitriles is 1. The molecule has 7 nitrogen and oxygen atoms in total. The maximum Gasteiger partial charge on any atom is 0.260 e. The zero-order valence-corrected chi connectivity index (χ0v) is 16.2. The molecule has 7 heteroatoms. The number of hydrogen-bond acceptors (Lipinski definition) is 6. The lowest BCUT2D eigenvalue weighted by Crippen LogP contribution is -2.37. The first-order valence-corrected chi connectivity index (χ1v) is 9.41. The summed E-state index contributed by atoms with van der Waals surface area (Å²) in [7, 11) is 0. The average molecular weight is 411 g/mol. The number of nitrogens with zero attached hydrogens (tertiary/aromatic N) is 1. The van der Waals surface area contributed by atoms with Crippen molar-refractivity contribution in [2.75, 3.05) is 0 Å². The molecule has 1 aliphatic rings. The van der Waals surface area contributed by atoms with Gasteiger partial charge in [-0.15, -0.1) is 0 Å². The van der Waals surface area contributed by atoms with Gasteiger partial charge in [0.1, 0.15) is 0 Å². The van der Waals surface area contributed by atoms with Crippen molar-refractivity contribution in [2.24, 2.45) is 0 Å². The molecule has 0 aliphatic carbocycles. The van der Waals surface area contributed by atoms with Gasteiger partial charge in [-0.2, -0.15) is 5.26 Å². The number of nitrogens with one attached hydrogen (secondary N) is 2. The van der Waals surface area contributed by atoms with Gasteiger partial charge < -0.3 is 15.5 Å². The Morgan fingerprint density at radius 3 is 2.32 bits per heavy atom.